The molecule has 7 nitrogen and oxygen atoms in total. The number of benzene rings is 3. The number of hydrogen-bond donors (Lipinski definition) is 1. The van der Waals surface area contributed by atoms with E-state index >= 15 is 0 Å². The average Bonchev–Trinajstić information content (AvgIpc) is 3.15. The standard InChI is InChI=1S/C25H20BrF2NO6/c1-33-21-4-2-14(7-23(30)31)6-22(21)35-20-5-3-17(26)8-16(20)12-29-13-34-24(25(29)32)15-9-18(27)11-19(28)10-15/h2-6,8-11,24H,7,12-13H2,1H3,(H,30,31). The fourth-order valence-corrected chi connectivity index (χ4v) is 4.14. The summed E-state index contributed by atoms with van der Waals surface area (Å²) in [5.41, 5.74) is 1.24. The van der Waals surface area contributed by atoms with Crippen LogP contribution in [0.15, 0.2) is 59.1 Å². The number of aliphatic carboxylic acids is 1. The number of amides is 1. The average molecular weight is 548 g/mol. The lowest BCUT2D eigenvalue weighted by Crippen LogP contribution is -2.26. The summed E-state index contributed by atoms with van der Waals surface area (Å²) < 4.78 is 45.0. The van der Waals surface area contributed by atoms with Crippen LogP contribution in [-0.2, 0) is 27.3 Å². The number of halogens is 3. The van der Waals surface area contributed by atoms with Gasteiger partial charge in [0.05, 0.1) is 20.1 Å². The summed E-state index contributed by atoms with van der Waals surface area (Å²) in [6.45, 7) is 0.0179. The van der Waals surface area contributed by atoms with E-state index in [0.717, 1.165) is 22.7 Å². The minimum Gasteiger partial charge on any atom is -0.493 e. The number of carbonyl (C=O) groups is 2. The lowest BCUT2D eigenvalue weighted by Gasteiger charge is -2.19. The van der Waals surface area contributed by atoms with Gasteiger partial charge in [-0.15, -0.1) is 0 Å². The summed E-state index contributed by atoms with van der Waals surface area (Å²) in [5.74, 6) is -1.89. The van der Waals surface area contributed by atoms with Crippen LogP contribution >= 0.6 is 15.9 Å². The Kier molecular flexibility index (Phi) is 7.32. The van der Waals surface area contributed by atoms with Crippen LogP contribution in [0.2, 0.25) is 0 Å². The van der Waals surface area contributed by atoms with E-state index in [-0.39, 0.29) is 25.3 Å². The van der Waals surface area contributed by atoms with E-state index in [9.17, 15) is 18.4 Å². The van der Waals surface area contributed by atoms with Crippen molar-refractivity contribution in [3.05, 3.63) is 87.4 Å². The molecule has 0 spiro atoms. The van der Waals surface area contributed by atoms with Gasteiger partial charge in [0.25, 0.3) is 5.91 Å². The van der Waals surface area contributed by atoms with E-state index in [2.05, 4.69) is 15.9 Å². The number of methoxy groups -OCH3 is 1. The second kappa shape index (κ2) is 10.4. The normalized spacial score (nSPS) is 15.4. The lowest BCUT2D eigenvalue weighted by atomic mass is 10.1. The number of nitrogens with zero attached hydrogens (tertiary/aromatic N) is 1. The van der Waals surface area contributed by atoms with E-state index < -0.39 is 29.6 Å². The van der Waals surface area contributed by atoms with Crippen LogP contribution in [0.3, 0.4) is 0 Å². The molecule has 182 valence electrons. The molecule has 1 atom stereocenters. The van der Waals surface area contributed by atoms with Gasteiger partial charge in [-0.2, -0.15) is 0 Å². The molecule has 1 saturated heterocycles. The highest BCUT2D eigenvalue weighted by molar-refractivity contribution is 9.10. The molecule has 1 N–H and O–H groups in total. The minimum absolute atomic E-state index is 0.0784. The molecule has 1 aliphatic rings. The summed E-state index contributed by atoms with van der Waals surface area (Å²) in [6.07, 6.45) is -1.31. The van der Waals surface area contributed by atoms with Crippen LogP contribution in [0.4, 0.5) is 8.78 Å². The molecule has 1 fully saturated rings. The molecule has 4 rings (SSSR count). The van der Waals surface area contributed by atoms with Crippen LogP contribution in [0.1, 0.15) is 22.8 Å². The van der Waals surface area contributed by atoms with Gasteiger partial charge in [0.2, 0.25) is 0 Å². The quantitative estimate of drug-likeness (QED) is 0.416. The Balaban J connectivity index is 1.58. The number of carbonyl (C=O) groups excluding carboxylic acids is 1. The van der Waals surface area contributed by atoms with Gasteiger partial charge in [0.15, 0.2) is 17.6 Å². The molecule has 1 amide bonds. The van der Waals surface area contributed by atoms with Crippen molar-refractivity contribution in [2.24, 2.45) is 0 Å². The van der Waals surface area contributed by atoms with Gasteiger partial charge in [-0.25, -0.2) is 8.78 Å². The molecular weight excluding hydrogens is 528 g/mol. The first-order valence-electron chi connectivity index (χ1n) is 10.4. The molecule has 0 saturated carbocycles. The Morgan fingerprint density at radius 3 is 2.49 bits per heavy atom. The second-order valence-corrected chi connectivity index (χ2v) is 8.74. The highest BCUT2D eigenvalue weighted by Gasteiger charge is 2.35. The summed E-state index contributed by atoms with van der Waals surface area (Å²) >= 11 is 3.41. The molecular formula is C25H20BrF2NO6. The van der Waals surface area contributed by atoms with Crippen molar-refractivity contribution < 1.29 is 37.7 Å². The van der Waals surface area contributed by atoms with Gasteiger partial charge in [-0.1, -0.05) is 22.0 Å². The Morgan fingerprint density at radius 2 is 1.80 bits per heavy atom. The second-order valence-electron chi connectivity index (χ2n) is 7.82. The van der Waals surface area contributed by atoms with Gasteiger partial charge < -0.3 is 24.2 Å². The van der Waals surface area contributed by atoms with Gasteiger partial charge in [-0.05, 0) is 53.6 Å². The third-order valence-corrected chi connectivity index (χ3v) is 5.80. The molecule has 1 heterocycles. The summed E-state index contributed by atoms with van der Waals surface area (Å²) in [5, 5.41) is 9.10. The number of hydrogen-bond acceptors (Lipinski definition) is 5. The molecule has 1 aliphatic heterocycles. The fraction of sp³-hybridized carbons (Fsp3) is 0.200. The summed E-state index contributed by atoms with van der Waals surface area (Å²) in [7, 11) is 1.47. The maximum atomic E-state index is 13.6. The Labute approximate surface area is 208 Å². The first-order valence-corrected chi connectivity index (χ1v) is 11.2. The van der Waals surface area contributed by atoms with Crippen LogP contribution in [-0.4, -0.2) is 35.7 Å². The maximum absolute atomic E-state index is 13.6. The largest absolute Gasteiger partial charge is 0.493 e. The van der Waals surface area contributed by atoms with Crippen LogP contribution in [0.25, 0.3) is 0 Å². The molecule has 0 aliphatic carbocycles. The summed E-state index contributed by atoms with van der Waals surface area (Å²) in [6, 6.07) is 12.9. The zero-order valence-corrected chi connectivity index (χ0v) is 20.1. The minimum atomic E-state index is -1.12. The molecule has 3 aromatic rings. The third-order valence-electron chi connectivity index (χ3n) is 5.31. The van der Waals surface area contributed by atoms with E-state index in [4.69, 9.17) is 19.3 Å². The topological polar surface area (TPSA) is 85.3 Å². The zero-order chi connectivity index (χ0) is 25.1. The van der Waals surface area contributed by atoms with Crippen LogP contribution in [0.5, 0.6) is 17.2 Å². The number of ether oxygens (including phenoxy) is 3. The highest BCUT2D eigenvalue weighted by atomic mass is 79.9. The molecule has 0 aromatic heterocycles. The van der Waals surface area contributed by atoms with Crippen molar-refractivity contribution in [2.75, 3.05) is 13.8 Å². The van der Waals surface area contributed by atoms with Gasteiger partial charge in [-0.3, -0.25) is 9.59 Å². The highest BCUT2D eigenvalue weighted by Crippen LogP contribution is 2.37. The number of carboxylic acids is 1. The Hall–Kier alpha value is -3.50. The predicted molar refractivity (Wildman–Crippen MR) is 124 cm³/mol. The zero-order valence-electron chi connectivity index (χ0n) is 18.5. The number of carboxylic acid groups (broad SMARTS) is 1. The monoisotopic (exact) mass is 547 g/mol. The smallest absolute Gasteiger partial charge is 0.307 e. The van der Waals surface area contributed by atoms with E-state index in [1.54, 1.807) is 36.4 Å². The van der Waals surface area contributed by atoms with E-state index in [1.165, 1.54) is 12.0 Å². The van der Waals surface area contributed by atoms with Crippen LogP contribution in [0, 0.1) is 11.6 Å². The van der Waals surface area contributed by atoms with Gasteiger partial charge >= 0.3 is 5.97 Å². The van der Waals surface area contributed by atoms with E-state index in [1.807, 2.05) is 0 Å². The first-order chi connectivity index (χ1) is 16.7. The summed E-state index contributed by atoms with van der Waals surface area (Å²) in [4.78, 5) is 25.5. The van der Waals surface area contributed by atoms with Crippen LogP contribution < -0.4 is 9.47 Å². The van der Waals surface area contributed by atoms with Gasteiger partial charge in [0.1, 0.15) is 24.1 Å². The fourth-order valence-electron chi connectivity index (χ4n) is 3.73. The van der Waals surface area contributed by atoms with Crippen molar-refractivity contribution in [1.29, 1.82) is 0 Å². The molecule has 0 radical (unpaired) electrons. The van der Waals surface area contributed by atoms with Crippen molar-refractivity contribution >= 4 is 27.8 Å². The SMILES string of the molecule is COc1ccc(CC(=O)O)cc1Oc1ccc(Br)cc1CN1COC(c2cc(F)cc(F)c2)C1=O. The lowest BCUT2D eigenvalue weighted by molar-refractivity contribution is -0.136. The van der Waals surface area contributed by atoms with Crippen molar-refractivity contribution in [2.45, 2.75) is 19.1 Å². The van der Waals surface area contributed by atoms with Crippen molar-refractivity contribution in [3.63, 3.8) is 0 Å². The molecule has 1 unspecified atom stereocenters. The third kappa shape index (κ3) is 5.77. The van der Waals surface area contributed by atoms with Gasteiger partial charge in [0, 0.05) is 16.1 Å². The first kappa shape index (κ1) is 24.6. The molecule has 3 aromatic carbocycles. The number of rotatable bonds is 8. The molecule has 0 bridgehead atoms. The Bertz CT molecular complexity index is 1260. The van der Waals surface area contributed by atoms with Crippen molar-refractivity contribution in [1.82, 2.24) is 4.90 Å². The molecule has 10 heteroatoms. The maximum Gasteiger partial charge on any atom is 0.307 e. The Morgan fingerprint density at radius 1 is 1.09 bits per heavy atom. The molecule has 35 heavy (non-hydrogen) atoms. The van der Waals surface area contributed by atoms with Crippen molar-refractivity contribution in [3.8, 4) is 17.2 Å². The predicted octanol–water partition coefficient (Wildman–Crippen LogP) is 5.21. The van der Waals surface area contributed by atoms with E-state index in [0.29, 0.717) is 28.4 Å².